The summed E-state index contributed by atoms with van der Waals surface area (Å²) < 4.78 is 15.3. The van der Waals surface area contributed by atoms with Crippen LogP contribution in [0.25, 0.3) is 0 Å². The number of hydrogen-bond donors (Lipinski definition) is 1. The van der Waals surface area contributed by atoms with Gasteiger partial charge in [0, 0.05) is 12.8 Å². The van der Waals surface area contributed by atoms with E-state index in [-0.39, 0.29) is 22.9 Å². The molecule has 0 heterocycles. The molecule has 2 nitrogen and oxygen atoms in total. The number of carbonyl (C=O) groups is 1. The summed E-state index contributed by atoms with van der Waals surface area (Å²) in [5.41, 5.74) is -0.209. The highest BCUT2D eigenvalue weighted by atomic mass is 19.1. The number of aliphatic hydroxyl groups is 1. The van der Waals surface area contributed by atoms with E-state index in [0.717, 1.165) is 32.1 Å². The molecule has 4 rings (SSSR count). The van der Waals surface area contributed by atoms with E-state index in [2.05, 4.69) is 13.8 Å². The van der Waals surface area contributed by atoms with Crippen LogP contribution in [0.4, 0.5) is 4.39 Å². The maximum Gasteiger partial charge on any atom is 0.133 e. The summed E-state index contributed by atoms with van der Waals surface area (Å²) in [7, 11) is 0. The fourth-order valence-corrected chi connectivity index (χ4v) is 7.07. The molecule has 0 amide bonds. The van der Waals surface area contributed by atoms with Gasteiger partial charge in [-0.05, 0) is 73.0 Å². The van der Waals surface area contributed by atoms with Crippen LogP contribution in [0.2, 0.25) is 0 Å². The van der Waals surface area contributed by atoms with Gasteiger partial charge in [0.05, 0.1) is 6.10 Å². The van der Waals surface area contributed by atoms with Crippen molar-refractivity contribution in [3.05, 3.63) is 0 Å². The maximum atomic E-state index is 15.3. The zero-order chi connectivity index (χ0) is 15.7. The highest BCUT2D eigenvalue weighted by Crippen LogP contribution is 2.66. The first kappa shape index (κ1) is 15.1. The summed E-state index contributed by atoms with van der Waals surface area (Å²) in [6.07, 6.45) is 5.64. The minimum atomic E-state index is -0.806. The SMILES string of the molecule is C[C@]12CCC(=O)C[C@@H]1CC[C@@H]1[C@@H]2[C@@H](F)C[C@]2(C)[C@@H](O)CC[C@@H]12. The van der Waals surface area contributed by atoms with Crippen molar-refractivity contribution in [2.24, 2.45) is 34.5 Å². The predicted octanol–water partition coefficient (Wildman–Crippen LogP) is 3.91. The van der Waals surface area contributed by atoms with Crippen LogP contribution in [0.15, 0.2) is 0 Å². The second-order valence-corrected chi connectivity index (χ2v) is 9.14. The van der Waals surface area contributed by atoms with Crippen LogP contribution in [-0.2, 0) is 4.79 Å². The lowest BCUT2D eigenvalue weighted by Crippen LogP contribution is -2.58. The minimum absolute atomic E-state index is 0.00508. The Bertz CT molecular complexity index is 492. The van der Waals surface area contributed by atoms with Crippen molar-refractivity contribution < 1.29 is 14.3 Å². The fourth-order valence-electron chi connectivity index (χ4n) is 7.07. The van der Waals surface area contributed by atoms with Crippen molar-refractivity contribution in [1.29, 1.82) is 0 Å². The third kappa shape index (κ3) is 1.84. The summed E-state index contributed by atoms with van der Waals surface area (Å²) in [5.74, 6) is 1.79. The van der Waals surface area contributed by atoms with Gasteiger partial charge in [0.15, 0.2) is 0 Å². The van der Waals surface area contributed by atoms with Crippen molar-refractivity contribution in [3.8, 4) is 0 Å². The van der Waals surface area contributed by atoms with E-state index in [1.807, 2.05) is 0 Å². The Morgan fingerprint density at radius 1 is 1.14 bits per heavy atom. The molecule has 3 heteroatoms. The maximum absolute atomic E-state index is 15.3. The van der Waals surface area contributed by atoms with Gasteiger partial charge in [-0.15, -0.1) is 0 Å². The Morgan fingerprint density at radius 3 is 2.68 bits per heavy atom. The van der Waals surface area contributed by atoms with Gasteiger partial charge in [-0.1, -0.05) is 13.8 Å². The molecule has 0 unspecified atom stereocenters. The van der Waals surface area contributed by atoms with Gasteiger partial charge in [-0.3, -0.25) is 4.79 Å². The molecular formula is C19H29FO2. The molecule has 124 valence electrons. The zero-order valence-electron chi connectivity index (χ0n) is 13.9. The Kier molecular flexibility index (Phi) is 3.28. The number of ketones is 1. The number of hydrogen-bond acceptors (Lipinski definition) is 2. The van der Waals surface area contributed by atoms with Gasteiger partial charge in [-0.2, -0.15) is 0 Å². The number of halogens is 1. The standard InChI is InChI=1S/C19H29FO2/c1-18-8-7-12(21)9-11(18)3-4-13-14-5-6-16(22)19(14,2)10-15(20)17(13)18/h11,13-17,22H,3-10H2,1-2H3/t11-,13-,14-,15-,16-,17+,18-,19-/m0/s1. The monoisotopic (exact) mass is 308 g/mol. The zero-order valence-corrected chi connectivity index (χ0v) is 13.9. The van der Waals surface area contributed by atoms with Crippen LogP contribution in [0.5, 0.6) is 0 Å². The van der Waals surface area contributed by atoms with E-state index >= 15 is 4.39 Å². The number of fused-ring (bicyclic) bond motifs is 5. The fraction of sp³-hybridized carbons (Fsp3) is 0.947. The van der Waals surface area contributed by atoms with Crippen molar-refractivity contribution in [1.82, 2.24) is 0 Å². The van der Waals surface area contributed by atoms with Crippen LogP contribution in [0.1, 0.15) is 65.2 Å². The first-order valence-electron chi connectivity index (χ1n) is 9.20. The van der Waals surface area contributed by atoms with Crippen LogP contribution < -0.4 is 0 Å². The summed E-state index contributed by atoms with van der Waals surface area (Å²) >= 11 is 0. The molecule has 8 atom stereocenters. The molecule has 0 saturated heterocycles. The van der Waals surface area contributed by atoms with E-state index in [0.29, 0.717) is 42.8 Å². The van der Waals surface area contributed by atoms with E-state index in [4.69, 9.17) is 0 Å². The molecule has 0 bridgehead atoms. The molecule has 4 saturated carbocycles. The predicted molar refractivity (Wildman–Crippen MR) is 83.0 cm³/mol. The minimum Gasteiger partial charge on any atom is -0.393 e. The summed E-state index contributed by atoms with van der Waals surface area (Å²) in [4.78, 5) is 11.9. The van der Waals surface area contributed by atoms with Crippen molar-refractivity contribution >= 4 is 5.78 Å². The highest BCUT2D eigenvalue weighted by Gasteiger charge is 2.63. The number of carbonyl (C=O) groups excluding carboxylic acids is 1. The smallest absolute Gasteiger partial charge is 0.133 e. The van der Waals surface area contributed by atoms with E-state index in [1.54, 1.807) is 0 Å². The van der Waals surface area contributed by atoms with Gasteiger partial charge in [0.25, 0.3) is 0 Å². The normalized spacial score (nSPS) is 57.9. The first-order valence-corrected chi connectivity index (χ1v) is 9.20. The lowest BCUT2D eigenvalue weighted by atomic mass is 9.44. The molecule has 4 aliphatic carbocycles. The van der Waals surface area contributed by atoms with E-state index in [1.165, 1.54) is 0 Å². The summed E-state index contributed by atoms with van der Waals surface area (Å²) in [6, 6.07) is 0. The molecule has 0 aromatic rings. The summed E-state index contributed by atoms with van der Waals surface area (Å²) in [5, 5.41) is 10.4. The van der Waals surface area contributed by atoms with Crippen molar-refractivity contribution in [2.45, 2.75) is 77.5 Å². The molecule has 0 aromatic heterocycles. The van der Waals surface area contributed by atoms with Crippen LogP contribution >= 0.6 is 0 Å². The topological polar surface area (TPSA) is 37.3 Å². The lowest BCUT2D eigenvalue weighted by molar-refractivity contribution is -0.161. The molecule has 0 spiro atoms. The van der Waals surface area contributed by atoms with Gasteiger partial charge in [-0.25, -0.2) is 4.39 Å². The van der Waals surface area contributed by atoms with Crippen molar-refractivity contribution in [2.75, 3.05) is 0 Å². The third-order valence-corrected chi connectivity index (χ3v) is 8.32. The Morgan fingerprint density at radius 2 is 1.91 bits per heavy atom. The van der Waals surface area contributed by atoms with E-state index in [9.17, 15) is 9.90 Å². The van der Waals surface area contributed by atoms with Gasteiger partial charge in [0.1, 0.15) is 12.0 Å². The number of Topliss-reactive ketones (excluding diaryl/α,β-unsaturated/α-hetero) is 1. The summed E-state index contributed by atoms with van der Waals surface area (Å²) in [6.45, 7) is 4.39. The molecule has 0 radical (unpaired) electrons. The Balaban J connectivity index is 1.69. The number of alkyl halides is 1. The number of rotatable bonds is 0. The average Bonchev–Trinajstić information content (AvgIpc) is 2.75. The van der Waals surface area contributed by atoms with Crippen LogP contribution in [-0.4, -0.2) is 23.2 Å². The van der Waals surface area contributed by atoms with E-state index < -0.39 is 6.17 Å². The molecular weight excluding hydrogens is 279 g/mol. The highest BCUT2D eigenvalue weighted by molar-refractivity contribution is 5.79. The number of aliphatic hydroxyl groups excluding tert-OH is 1. The van der Waals surface area contributed by atoms with Crippen LogP contribution in [0.3, 0.4) is 0 Å². The average molecular weight is 308 g/mol. The Labute approximate surface area is 132 Å². The largest absolute Gasteiger partial charge is 0.393 e. The van der Waals surface area contributed by atoms with Gasteiger partial charge < -0.3 is 5.11 Å². The second kappa shape index (κ2) is 4.78. The lowest BCUT2D eigenvalue weighted by Gasteiger charge is -2.60. The second-order valence-electron chi connectivity index (χ2n) is 9.14. The molecule has 4 aliphatic rings. The molecule has 0 aliphatic heterocycles. The van der Waals surface area contributed by atoms with Crippen LogP contribution in [0, 0.1) is 34.5 Å². The Hall–Kier alpha value is -0.440. The quantitative estimate of drug-likeness (QED) is 0.737. The first-order chi connectivity index (χ1) is 10.4. The molecule has 22 heavy (non-hydrogen) atoms. The van der Waals surface area contributed by atoms with Crippen molar-refractivity contribution in [3.63, 3.8) is 0 Å². The third-order valence-electron chi connectivity index (χ3n) is 8.32. The molecule has 0 aromatic carbocycles. The van der Waals surface area contributed by atoms with Gasteiger partial charge >= 0.3 is 0 Å². The molecule has 4 fully saturated rings. The van der Waals surface area contributed by atoms with Gasteiger partial charge in [0.2, 0.25) is 0 Å². The molecule has 1 N–H and O–H groups in total.